The smallest absolute Gasteiger partial charge is 0.276 e. The summed E-state index contributed by atoms with van der Waals surface area (Å²) in [5.41, 5.74) is 3.62. The van der Waals surface area contributed by atoms with Crippen molar-refractivity contribution in [3.05, 3.63) is 84.5 Å². The number of pyridine rings is 2. The van der Waals surface area contributed by atoms with Crippen LogP contribution in [0.15, 0.2) is 78.8 Å². The van der Waals surface area contributed by atoms with Gasteiger partial charge in [0, 0.05) is 23.2 Å². The minimum Gasteiger partial charge on any atom is -0.296 e. The Labute approximate surface area is 169 Å². The molecular weight excluding hydrogens is 384 g/mol. The Bertz CT molecular complexity index is 1310. The van der Waals surface area contributed by atoms with Gasteiger partial charge >= 0.3 is 0 Å². The quantitative estimate of drug-likeness (QED) is 0.491. The maximum atomic E-state index is 12.8. The summed E-state index contributed by atoms with van der Waals surface area (Å²) in [4.78, 5) is 30.0. The number of nitrogens with one attached hydrogen (secondary N) is 1. The first kappa shape index (κ1) is 17.2. The third kappa shape index (κ3) is 3.37. The van der Waals surface area contributed by atoms with E-state index in [9.17, 15) is 4.79 Å². The van der Waals surface area contributed by atoms with Gasteiger partial charge in [0.1, 0.15) is 11.4 Å². The fourth-order valence-electron chi connectivity index (χ4n) is 2.99. The van der Waals surface area contributed by atoms with E-state index in [0.717, 1.165) is 28.0 Å². The predicted molar refractivity (Wildman–Crippen MR) is 112 cm³/mol. The summed E-state index contributed by atoms with van der Waals surface area (Å²) in [6, 6.07) is 15.5. The number of rotatable bonds is 4. The number of aromatic nitrogens is 5. The zero-order valence-corrected chi connectivity index (χ0v) is 15.9. The van der Waals surface area contributed by atoms with E-state index in [1.807, 2.05) is 53.9 Å². The molecule has 0 fully saturated rings. The summed E-state index contributed by atoms with van der Waals surface area (Å²) in [5.74, 6) is -0.285. The zero-order chi connectivity index (χ0) is 19.6. The van der Waals surface area contributed by atoms with Crippen molar-refractivity contribution < 1.29 is 4.79 Å². The fourth-order valence-corrected chi connectivity index (χ4v) is 3.69. The number of nitrogens with zero attached hydrogens (tertiary/aromatic N) is 5. The fraction of sp³-hybridized carbons (Fsp3) is 0. The van der Waals surface area contributed by atoms with E-state index in [-0.39, 0.29) is 5.91 Å². The Morgan fingerprint density at radius 2 is 1.79 bits per heavy atom. The molecule has 0 bridgehead atoms. The third-order valence-electron chi connectivity index (χ3n) is 4.40. The van der Waals surface area contributed by atoms with E-state index >= 15 is 0 Å². The molecule has 0 saturated heterocycles. The van der Waals surface area contributed by atoms with Gasteiger partial charge in [-0.2, -0.15) is 0 Å². The summed E-state index contributed by atoms with van der Waals surface area (Å²) < 4.78 is 1.70. The number of hydrogen-bond donors (Lipinski definition) is 1. The summed E-state index contributed by atoms with van der Waals surface area (Å²) >= 11 is 1.35. The predicted octanol–water partition coefficient (Wildman–Crippen LogP) is 4.19. The highest BCUT2D eigenvalue weighted by molar-refractivity contribution is 7.14. The number of carbonyl (C=O) groups excluding carboxylic acids is 1. The average molecular weight is 398 g/mol. The van der Waals surface area contributed by atoms with Crippen LogP contribution in [0.3, 0.4) is 0 Å². The minimum atomic E-state index is -0.285. The molecule has 4 heterocycles. The molecule has 7 nitrogen and oxygen atoms in total. The van der Waals surface area contributed by atoms with Crippen molar-refractivity contribution in [2.24, 2.45) is 0 Å². The number of amides is 1. The van der Waals surface area contributed by atoms with Crippen LogP contribution in [-0.4, -0.2) is 30.4 Å². The SMILES string of the molecule is O=C(Nc1nc(-c2ccc3ccccc3n2)cs1)c1cncn1-c1ccncc1. The van der Waals surface area contributed by atoms with Crippen LogP contribution < -0.4 is 5.32 Å². The van der Waals surface area contributed by atoms with Crippen LogP contribution in [0.4, 0.5) is 5.13 Å². The number of hydrogen-bond acceptors (Lipinski definition) is 6. The third-order valence-corrected chi connectivity index (χ3v) is 5.16. The molecule has 8 heteroatoms. The second-order valence-electron chi connectivity index (χ2n) is 6.24. The van der Waals surface area contributed by atoms with Crippen molar-refractivity contribution in [3.8, 4) is 17.1 Å². The molecular formula is C21H14N6OS. The van der Waals surface area contributed by atoms with Gasteiger partial charge in [-0.1, -0.05) is 24.3 Å². The lowest BCUT2D eigenvalue weighted by molar-refractivity contribution is 0.102. The Balaban J connectivity index is 1.39. The molecule has 0 saturated carbocycles. The van der Waals surface area contributed by atoms with Gasteiger partial charge in [0.25, 0.3) is 5.91 Å². The number of imidazole rings is 1. The van der Waals surface area contributed by atoms with Gasteiger partial charge < -0.3 is 0 Å². The van der Waals surface area contributed by atoms with E-state index in [1.165, 1.54) is 17.5 Å². The minimum absolute atomic E-state index is 0.285. The summed E-state index contributed by atoms with van der Waals surface area (Å²) in [5, 5.41) is 6.30. The molecule has 1 amide bonds. The highest BCUT2D eigenvalue weighted by Crippen LogP contribution is 2.26. The maximum Gasteiger partial charge on any atom is 0.276 e. The molecule has 0 radical (unpaired) electrons. The van der Waals surface area contributed by atoms with E-state index < -0.39 is 0 Å². The molecule has 1 N–H and O–H groups in total. The van der Waals surface area contributed by atoms with Crippen molar-refractivity contribution in [1.82, 2.24) is 24.5 Å². The number of benzene rings is 1. The topological polar surface area (TPSA) is 85.6 Å². The zero-order valence-electron chi connectivity index (χ0n) is 15.1. The van der Waals surface area contributed by atoms with Crippen molar-refractivity contribution in [2.45, 2.75) is 0 Å². The van der Waals surface area contributed by atoms with Crippen LogP contribution in [0.2, 0.25) is 0 Å². The standard InChI is InChI=1S/C21H14N6OS/c28-20(19-11-23-13-27(19)15-7-9-22-10-8-15)26-21-25-18(12-29-21)17-6-5-14-3-1-2-4-16(14)24-17/h1-13H,(H,25,26,28). The van der Waals surface area contributed by atoms with Crippen LogP contribution >= 0.6 is 11.3 Å². The highest BCUT2D eigenvalue weighted by atomic mass is 32.1. The first-order valence-electron chi connectivity index (χ1n) is 8.84. The van der Waals surface area contributed by atoms with Crippen LogP contribution in [0, 0.1) is 0 Å². The van der Waals surface area contributed by atoms with Gasteiger partial charge in [-0.15, -0.1) is 11.3 Å². The van der Waals surface area contributed by atoms with Crippen molar-refractivity contribution >= 4 is 33.3 Å². The molecule has 0 aliphatic rings. The van der Waals surface area contributed by atoms with Gasteiger partial charge in [-0.25, -0.2) is 15.0 Å². The van der Waals surface area contributed by atoms with Crippen LogP contribution in [0.5, 0.6) is 0 Å². The monoisotopic (exact) mass is 398 g/mol. The van der Waals surface area contributed by atoms with Crippen LogP contribution in [0.25, 0.3) is 28.0 Å². The van der Waals surface area contributed by atoms with Crippen LogP contribution in [0.1, 0.15) is 10.5 Å². The summed E-state index contributed by atoms with van der Waals surface area (Å²) in [7, 11) is 0. The molecule has 140 valence electrons. The molecule has 0 atom stereocenters. The number of fused-ring (bicyclic) bond motifs is 1. The maximum absolute atomic E-state index is 12.8. The van der Waals surface area contributed by atoms with E-state index in [1.54, 1.807) is 23.3 Å². The molecule has 4 aromatic heterocycles. The second kappa shape index (κ2) is 7.25. The normalized spacial score (nSPS) is 10.9. The van der Waals surface area contributed by atoms with E-state index in [2.05, 4.69) is 25.3 Å². The van der Waals surface area contributed by atoms with Crippen molar-refractivity contribution in [3.63, 3.8) is 0 Å². The Morgan fingerprint density at radius 3 is 2.69 bits per heavy atom. The Morgan fingerprint density at radius 1 is 0.931 bits per heavy atom. The number of carbonyl (C=O) groups is 1. The molecule has 5 aromatic rings. The lowest BCUT2D eigenvalue weighted by atomic mass is 10.2. The summed E-state index contributed by atoms with van der Waals surface area (Å²) in [6.45, 7) is 0. The van der Waals surface area contributed by atoms with Gasteiger partial charge in [0.05, 0.1) is 29.4 Å². The van der Waals surface area contributed by atoms with Gasteiger partial charge in [0.2, 0.25) is 0 Å². The Kier molecular flexibility index (Phi) is 4.30. The van der Waals surface area contributed by atoms with E-state index in [4.69, 9.17) is 0 Å². The summed E-state index contributed by atoms with van der Waals surface area (Å²) in [6.07, 6.45) is 6.45. The molecule has 0 spiro atoms. The van der Waals surface area contributed by atoms with Gasteiger partial charge in [-0.05, 0) is 24.3 Å². The molecule has 0 unspecified atom stereocenters. The number of thiazole rings is 1. The lowest BCUT2D eigenvalue weighted by Crippen LogP contribution is -2.16. The first-order valence-corrected chi connectivity index (χ1v) is 9.72. The van der Waals surface area contributed by atoms with Gasteiger partial charge in [-0.3, -0.25) is 19.7 Å². The molecule has 1 aromatic carbocycles. The van der Waals surface area contributed by atoms with Gasteiger partial charge in [0.15, 0.2) is 5.13 Å². The molecule has 5 rings (SSSR count). The Hall–Kier alpha value is -3.91. The van der Waals surface area contributed by atoms with Crippen LogP contribution in [-0.2, 0) is 0 Å². The number of para-hydroxylation sites is 1. The highest BCUT2D eigenvalue weighted by Gasteiger charge is 2.15. The van der Waals surface area contributed by atoms with E-state index in [0.29, 0.717) is 10.8 Å². The first-order chi connectivity index (χ1) is 14.3. The molecule has 0 aliphatic heterocycles. The number of anilines is 1. The van der Waals surface area contributed by atoms with Crippen molar-refractivity contribution in [2.75, 3.05) is 5.32 Å². The second-order valence-corrected chi connectivity index (χ2v) is 7.09. The lowest BCUT2D eigenvalue weighted by Gasteiger charge is -2.07. The van der Waals surface area contributed by atoms with Crippen molar-refractivity contribution in [1.29, 1.82) is 0 Å². The molecule has 0 aliphatic carbocycles. The average Bonchev–Trinajstić information content (AvgIpc) is 3.44. The largest absolute Gasteiger partial charge is 0.296 e. The molecule has 29 heavy (non-hydrogen) atoms.